The Hall–Kier alpha value is -3.16. The van der Waals surface area contributed by atoms with Crippen molar-refractivity contribution in [1.82, 2.24) is 19.9 Å². The number of fused-ring (bicyclic) bond motifs is 1. The minimum Gasteiger partial charge on any atom is -0.343 e. The van der Waals surface area contributed by atoms with E-state index >= 15 is 0 Å². The van der Waals surface area contributed by atoms with Crippen LogP contribution in [-0.2, 0) is 11.0 Å². The highest BCUT2D eigenvalue weighted by Crippen LogP contribution is 2.29. The average molecular weight is 360 g/mol. The van der Waals surface area contributed by atoms with Crippen molar-refractivity contribution in [3.05, 3.63) is 71.7 Å². The van der Waals surface area contributed by atoms with Crippen LogP contribution in [0.5, 0.6) is 0 Å². The van der Waals surface area contributed by atoms with E-state index in [1.807, 2.05) is 12.1 Å². The lowest BCUT2D eigenvalue weighted by molar-refractivity contribution is -0.137. The second-order valence-electron chi connectivity index (χ2n) is 5.67. The Morgan fingerprint density at radius 3 is 2.58 bits per heavy atom. The lowest BCUT2D eigenvalue weighted by atomic mass is 10.1. The van der Waals surface area contributed by atoms with Crippen molar-refractivity contribution < 1.29 is 18.0 Å². The molecule has 1 atom stereocenters. The van der Waals surface area contributed by atoms with Crippen LogP contribution in [0.3, 0.4) is 0 Å². The number of rotatable bonds is 4. The third-order valence-corrected chi connectivity index (χ3v) is 3.75. The molecule has 8 heteroatoms. The summed E-state index contributed by atoms with van der Waals surface area (Å²) in [6, 6.07) is 9.64. The molecule has 1 aromatic carbocycles. The number of nitrogens with one attached hydrogen (secondary N) is 1. The molecule has 0 aliphatic rings. The summed E-state index contributed by atoms with van der Waals surface area (Å²) in [5, 5.41) is 10.8. The second-order valence-corrected chi connectivity index (χ2v) is 5.67. The van der Waals surface area contributed by atoms with E-state index in [1.54, 1.807) is 23.6 Å². The summed E-state index contributed by atoms with van der Waals surface area (Å²) in [5.74, 6) is 0.196. The molecule has 2 heterocycles. The van der Waals surface area contributed by atoms with Gasteiger partial charge < -0.3 is 5.32 Å². The van der Waals surface area contributed by atoms with Crippen LogP contribution in [0.15, 0.2) is 54.7 Å². The number of pyridine rings is 1. The van der Waals surface area contributed by atoms with Crippen molar-refractivity contribution >= 4 is 17.6 Å². The summed E-state index contributed by atoms with van der Waals surface area (Å²) in [5.41, 5.74) is 0.434. The number of hydrogen-bond donors (Lipinski definition) is 1. The monoisotopic (exact) mass is 360 g/mol. The van der Waals surface area contributed by atoms with Gasteiger partial charge in [-0.05, 0) is 42.8 Å². The van der Waals surface area contributed by atoms with Crippen molar-refractivity contribution in [3.63, 3.8) is 0 Å². The maximum atomic E-state index is 12.5. The molecule has 1 unspecified atom stereocenters. The first kappa shape index (κ1) is 17.7. The van der Waals surface area contributed by atoms with Gasteiger partial charge in [0.15, 0.2) is 11.5 Å². The minimum absolute atomic E-state index is 0.384. The highest BCUT2D eigenvalue weighted by molar-refractivity contribution is 5.91. The Balaban J connectivity index is 1.65. The van der Waals surface area contributed by atoms with Crippen LogP contribution in [-0.4, -0.2) is 20.5 Å². The standard InChI is InChI=1S/C18H15F3N4O/c1-12(17-24-23-15-4-2-3-11-25(15)17)22-16(26)10-7-13-5-8-14(9-6-13)18(19,20)21/h2-12H,1H3,(H,22,26)/b10-7+. The van der Waals surface area contributed by atoms with Gasteiger partial charge in [0, 0.05) is 12.3 Å². The number of hydrogen-bond acceptors (Lipinski definition) is 3. The van der Waals surface area contributed by atoms with Crippen LogP contribution in [0, 0.1) is 0 Å². The van der Waals surface area contributed by atoms with Gasteiger partial charge in [-0.2, -0.15) is 13.2 Å². The van der Waals surface area contributed by atoms with E-state index in [4.69, 9.17) is 0 Å². The topological polar surface area (TPSA) is 59.3 Å². The van der Waals surface area contributed by atoms with Crippen molar-refractivity contribution in [2.45, 2.75) is 19.1 Å². The first-order chi connectivity index (χ1) is 12.3. The number of aromatic nitrogens is 3. The smallest absolute Gasteiger partial charge is 0.343 e. The number of halogens is 3. The number of carbonyl (C=O) groups is 1. The first-order valence-electron chi connectivity index (χ1n) is 7.80. The average Bonchev–Trinajstić information content (AvgIpc) is 3.04. The van der Waals surface area contributed by atoms with Gasteiger partial charge in [-0.3, -0.25) is 9.20 Å². The predicted molar refractivity (Wildman–Crippen MR) is 90.0 cm³/mol. The molecule has 0 fully saturated rings. The van der Waals surface area contributed by atoms with Crippen LogP contribution in [0.1, 0.15) is 29.9 Å². The molecule has 0 saturated heterocycles. The van der Waals surface area contributed by atoms with Crippen LogP contribution >= 0.6 is 0 Å². The largest absolute Gasteiger partial charge is 0.416 e. The molecule has 0 aliphatic heterocycles. The van der Waals surface area contributed by atoms with Gasteiger partial charge in [0.05, 0.1) is 11.6 Å². The molecule has 0 saturated carbocycles. The SMILES string of the molecule is CC(NC(=O)/C=C/c1ccc(C(F)(F)F)cc1)c1nnc2ccccn12. The third kappa shape index (κ3) is 3.90. The summed E-state index contributed by atoms with van der Waals surface area (Å²) >= 11 is 0. The zero-order valence-electron chi connectivity index (χ0n) is 13.7. The Kier molecular flexibility index (Phi) is 4.75. The van der Waals surface area contributed by atoms with Gasteiger partial charge in [-0.15, -0.1) is 10.2 Å². The highest BCUT2D eigenvalue weighted by atomic mass is 19.4. The number of amides is 1. The molecule has 1 amide bonds. The highest BCUT2D eigenvalue weighted by Gasteiger charge is 2.29. The maximum absolute atomic E-state index is 12.5. The Bertz CT molecular complexity index is 945. The molecule has 0 aliphatic carbocycles. The van der Waals surface area contributed by atoms with E-state index in [9.17, 15) is 18.0 Å². The Morgan fingerprint density at radius 1 is 1.15 bits per heavy atom. The van der Waals surface area contributed by atoms with E-state index in [0.717, 1.165) is 12.1 Å². The first-order valence-corrected chi connectivity index (χ1v) is 7.80. The fraction of sp³-hybridized carbons (Fsp3) is 0.167. The second kappa shape index (κ2) is 6.99. The molecule has 0 spiro atoms. The number of carbonyl (C=O) groups excluding carboxylic acids is 1. The third-order valence-electron chi connectivity index (χ3n) is 3.75. The molecule has 3 aromatic rings. The number of nitrogens with zero attached hydrogens (tertiary/aromatic N) is 3. The molecule has 0 radical (unpaired) electrons. The molecule has 26 heavy (non-hydrogen) atoms. The Morgan fingerprint density at radius 2 is 1.88 bits per heavy atom. The normalized spacial score (nSPS) is 13.2. The van der Waals surface area contributed by atoms with Crippen LogP contribution < -0.4 is 5.32 Å². The molecule has 0 bridgehead atoms. The lowest BCUT2D eigenvalue weighted by Gasteiger charge is -2.10. The van der Waals surface area contributed by atoms with Crippen LogP contribution in [0.2, 0.25) is 0 Å². The van der Waals surface area contributed by atoms with E-state index in [1.165, 1.54) is 24.3 Å². The summed E-state index contributed by atoms with van der Waals surface area (Å²) in [6.45, 7) is 1.77. The van der Waals surface area contributed by atoms with Gasteiger partial charge in [0.2, 0.25) is 5.91 Å². The van der Waals surface area contributed by atoms with E-state index in [2.05, 4.69) is 15.5 Å². The summed E-state index contributed by atoms with van der Waals surface area (Å²) in [6.07, 6.45) is 0.133. The quantitative estimate of drug-likeness (QED) is 0.723. The summed E-state index contributed by atoms with van der Waals surface area (Å²) < 4.78 is 39.4. The van der Waals surface area contributed by atoms with Gasteiger partial charge in [0.1, 0.15) is 0 Å². The Labute approximate surface area is 147 Å². The number of alkyl halides is 3. The summed E-state index contributed by atoms with van der Waals surface area (Å²) in [4.78, 5) is 12.0. The van der Waals surface area contributed by atoms with Crippen molar-refractivity contribution in [2.24, 2.45) is 0 Å². The molecular weight excluding hydrogens is 345 g/mol. The van der Waals surface area contributed by atoms with E-state index in [-0.39, 0.29) is 5.91 Å². The molecular formula is C18H15F3N4O. The van der Waals surface area contributed by atoms with E-state index in [0.29, 0.717) is 17.0 Å². The van der Waals surface area contributed by atoms with Crippen molar-refractivity contribution in [2.75, 3.05) is 0 Å². The fourth-order valence-corrected chi connectivity index (χ4v) is 2.44. The molecule has 2 aromatic heterocycles. The van der Waals surface area contributed by atoms with Crippen molar-refractivity contribution in [3.8, 4) is 0 Å². The van der Waals surface area contributed by atoms with Gasteiger partial charge in [0.25, 0.3) is 0 Å². The molecule has 3 rings (SSSR count). The summed E-state index contributed by atoms with van der Waals surface area (Å²) in [7, 11) is 0. The van der Waals surface area contributed by atoms with Crippen LogP contribution in [0.4, 0.5) is 13.2 Å². The van der Waals surface area contributed by atoms with Crippen molar-refractivity contribution in [1.29, 1.82) is 0 Å². The zero-order valence-corrected chi connectivity index (χ0v) is 13.7. The van der Waals surface area contributed by atoms with E-state index < -0.39 is 17.8 Å². The lowest BCUT2D eigenvalue weighted by Crippen LogP contribution is -2.26. The maximum Gasteiger partial charge on any atom is 0.416 e. The van der Waals surface area contributed by atoms with Crippen LogP contribution in [0.25, 0.3) is 11.7 Å². The van der Waals surface area contributed by atoms with Gasteiger partial charge in [-0.25, -0.2) is 0 Å². The molecule has 1 N–H and O–H groups in total. The minimum atomic E-state index is -4.38. The fourth-order valence-electron chi connectivity index (χ4n) is 2.44. The number of benzene rings is 1. The molecule has 5 nitrogen and oxygen atoms in total. The van der Waals surface area contributed by atoms with Gasteiger partial charge >= 0.3 is 6.18 Å². The predicted octanol–water partition coefficient (Wildman–Crippen LogP) is 3.64. The van der Waals surface area contributed by atoms with Gasteiger partial charge in [-0.1, -0.05) is 18.2 Å². The zero-order chi connectivity index (χ0) is 18.7. The molecule has 134 valence electrons.